The molecule has 2 fully saturated rings. The Labute approximate surface area is 206 Å². The third-order valence-electron chi connectivity index (χ3n) is 7.10. The van der Waals surface area contributed by atoms with Gasteiger partial charge in [0.2, 0.25) is 17.6 Å². The van der Waals surface area contributed by atoms with Gasteiger partial charge in [0, 0.05) is 44.0 Å². The van der Waals surface area contributed by atoms with Crippen LogP contribution in [0.25, 0.3) is 11.4 Å². The number of rotatable bonds is 6. The number of amides is 1. The van der Waals surface area contributed by atoms with Crippen molar-refractivity contribution in [3.05, 3.63) is 60.0 Å². The van der Waals surface area contributed by atoms with E-state index in [1.807, 2.05) is 48.2 Å². The van der Waals surface area contributed by atoms with Gasteiger partial charge in [0.15, 0.2) is 0 Å². The summed E-state index contributed by atoms with van der Waals surface area (Å²) in [4.78, 5) is 24.6. The van der Waals surface area contributed by atoms with E-state index in [1.54, 1.807) is 7.11 Å². The minimum atomic E-state index is 0.0232. The van der Waals surface area contributed by atoms with Crippen LogP contribution < -0.4 is 9.64 Å². The SMILES string of the molecule is COc1ccc(N2CCN(C(=O)C3CCCN(Cc4nc(-c5ccccc5C)no4)C3)CC2)cc1. The van der Waals surface area contributed by atoms with Gasteiger partial charge < -0.3 is 19.1 Å². The fourth-order valence-electron chi connectivity index (χ4n) is 5.08. The van der Waals surface area contributed by atoms with E-state index in [1.165, 1.54) is 5.69 Å². The van der Waals surface area contributed by atoms with Crippen LogP contribution in [0, 0.1) is 12.8 Å². The molecule has 35 heavy (non-hydrogen) atoms. The van der Waals surface area contributed by atoms with Gasteiger partial charge in [-0.1, -0.05) is 29.4 Å². The van der Waals surface area contributed by atoms with Gasteiger partial charge in [0.1, 0.15) is 5.75 Å². The molecule has 0 spiro atoms. The molecule has 2 aliphatic rings. The summed E-state index contributed by atoms with van der Waals surface area (Å²) in [7, 11) is 1.68. The minimum Gasteiger partial charge on any atom is -0.497 e. The summed E-state index contributed by atoms with van der Waals surface area (Å²) in [5, 5.41) is 4.18. The highest BCUT2D eigenvalue weighted by molar-refractivity contribution is 5.79. The maximum absolute atomic E-state index is 13.3. The van der Waals surface area contributed by atoms with E-state index in [4.69, 9.17) is 9.26 Å². The molecule has 1 atom stereocenters. The standard InChI is InChI=1S/C27H33N5O3/c1-20-6-3-4-8-24(20)26-28-25(35-29-26)19-30-13-5-7-21(18-30)27(33)32-16-14-31(15-17-32)22-9-11-23(34-2)12-10-22/h3-4,6,8-12,21H,5,7,13-19H2,1-2H3. The van der Waals surface area contributed by atoms with E-state index in [-0.39, 0.29) is 11.8 Å². The molecule has 3 aromatic rings. The van der Waals surface area contributed by atoms with Crippen LogP contribution in [0.5, 0.6) is 5.75 Å². The predicted octanol–water partition coefficient (Wildman–Crippen LogP) is 3.61. The van der Waals surface area contributed by atoms with Crippen LogP contribution in [0.2, 0.25) is 0 Å². The Morgan fingerprint density at radius 3 is 2.57 bits per heavy atom. The Hall–Kier alpha value is -3.39. The highest BCUT2D eigenvalue weighted by Gasteiger charge is 2.31. The summed E-state index contributed by atoms with van der Waals surface area (Å²) in [5.41, 5.74) is 3.28. The van der Waals surface area contributed by atoms with Crippen molar-refractivity contribution in [2.45, 2.75) is 26.3 Å². The number of piperazine rings is 1. The van der Waals surface area contributed by atoms with Crippen LogP contribution in [0.15, 0.2) is 53.1 Å². The lowest BCUT2D eigenvalue weighted by atomic mass is 9.96. The molecule has 184 valence electrons. The van der Waals surface area contributed by atoms with Gasteiger partial charge in [-0.3, -0.25) is 9.69 Å². The molecule has 1 amide bonds. The van der Waals surface area contributed by atoms with E-state index in [2.05, 4.69) is 32.1 Å². The molecule has 0 N–H and O–H groups in total. The number of anilines is 1. The van der Waals surface area contributed by atoms with E-state index >= 15 is 0 Å². The molecule has 0 saturated carbocycles. The van der Waals surface area contributed by atoms with Crippen molar-refractivity contribution >= 4 is 11.6 Å². The Morgan fingerprint density at radius 2 is 1.83 bits per heavy atom. The number of aryl methyl sites for hydroxylation is 1. The molecular weight excluding hydrogens is 442 g/mol. The average molecular weight is 476 g/mol. The second kappa shape index (κ2) is 10.5. The monoisotopic (exact) mass is 475 g/mol. The first kappa shape index (κ1) is 23.4. The Morgan fingerprint density at radius 1 is 1.06 bits per heavy atom. The number of ether oxygens (including phenoxy) is 1. The number of methoxy groups -OCH3 is 1. The maximum atomic E-state index is 13.3. The molecule has 2 aliphatic heterocycles. The van der Waals surface area contributed by atoms with Gasteiger partial charge >= 0.3 is 0 Å². The van der Waals surface area contributed by atoms with Crippen molar-refractivity contribution in [3.63, 3.8) is 0 Å². The topological polar surface area (TPSA) is 74.9 Å². The molecule has 0 aliphatic carbocycles. The van der Waals surface area contributed by atoms with Gasteiger partial charge in [0.25, 0.3) is 0 Å². The van der Waals surface area contributed by atoms with Crippen LogP contribution in [0.1, 0.15) is 24.3 Å². The van der Waals surface area contributed by atoms with Crippen molar-refractivity contribution in [1.82, 2.24) is 19.9 Å². The van der Waals surface area contributed by atoms with Crippen molar-refractivity contribution in [1.29, 1.82) is 0 Å². The second-order valence-electron chi connectivity index (χ2n) is 9.41. The molecule has 2 saturated heterocycles. The number of carbonyl (C=O) groups excluding carboxylic acids is 1. The summed E-state index contributed by atoms with van der Waals surface area (Å²) < 4.78 is 10.8. The quantitative estimate of drug-likeness (QED) is 0.539. The Bertz CT molecular complexity index is 1140. The van der Waals surface area contributed by atoms with Crippen LogP contribution in [0.4, 0.5) is 5.69 Å². The first-order valence-corrected chi connectivity index (χ1v) is 12.4. The van der Waals surface area contributed by atoms with E-state index < -0.39 is 0 Å². The smallest absolute Gasteiger partial charge is 0.241 e. The summed E-state index contributed by atoms with van der Waals surface area (Å²) in [6.45, 7) is 7.50. The predicted molar refractivity (Wildman–Crippen MR) is 134 cm³/mol. The fraction of sp³-hybridized carbons (Fsp3) is 0.444. The highest BCUT2D eigenvalue weighted by Crippen LogP contribution is 2.25. The average Bonchev–Trinajstić information content (AvgIpc) is 3.37. The number of aromatic nitrogens is 2. The van der Waals surface area contributed by atoms with Gasteiger partial charge in [0.05, 0.1) is 19.6 Å². The number of piperidine rings is 1. The van der Waals surface area contributed by atoms with Crippen molar-refractivity contribution < 1.29 is 14.1 Å². The van der Waals surface area contributed by atoms with Crippen molar-refractivity contribution in [3.8, 4) is 17.1 Å². The first-order valence-electron chi connectivity index (χ1n) is 12.4. The molecule has 8 heteroatoms. The van der Waals surface area contributed by atoms with Gasteiger partial charge in [-0.2, -0.15) is 4.98 Å². The van der Waals surface area contributed by atoms with Gasteiger partial charge in [-0.15, -0.1) is 0 Å². The summed E-state index contributed by atoms with van der Waals surface area (Å²) >= 11 is 0. The number of hydrogen-bond acceptors (Lipinski definition) is 7. The molecular formula is C27H33N5O3. The lowest BCUT2D eigenvalue weighted by Crippen LogP contribution is -2.52. The normalized spacial score (nSPS) is 19.1. The minimum absolute atomic E-state index is 0.0232. The third-order valence-corrected chi connectivity index (χ3v) is 7.10. The number of likely N-dealkylation sites (tertiary alicyclic amines) is 1. The zero-order valence-electron chi connectivity index (χ0n) is 20.5. The molecule has 0 radical (unpaired) electrons. The van der Waals surface area contributed by atoms with Gasteiger partial charge in [-0.25, -0.2) is 0 Å². The molecule has 3 heterocycles. The second-order valence-corrected chi connectivity index (χ2v) is 9.41. The van der Waals surface area contributed by atoms with Crippen LogP contribution in [-0.2, 0) is 11.3 Å². The lowest BCUT2D eigenvalue weighted by molar-refractivity contribution is -0.137. The molecule has 2 aromatic carbocycles. The number of benzene rings is 2. The lowest BCUT2D eigenvalue weighted by Gasteiger charge is -2.39. The van der Waals surface area contributed by atoms with Crippen LogP contribution in [0.3, 0.4) is 0 Å². The van der Waals surface area contributed by atoms with E-state index in [0.717, 1.165) is 69.0 Å². The van der Waals surface area contributed by atoms with Crippen LogP contribution in [-0.4, -0.2) is 72.2 Å². The van der Waals surface area contributed by atoms with Crippen molar-refractivity contribution in [2.75, 3.05) is 51.3 Å². The molecule has 0 bridgehead atoms. The fourth-order valence-corrected chi connectivity index (χ4v) is 5.08. The van der Waals surface area contributed by atoms with E-state index in [9.17, 15) is 4.79 Å². The third kappa shape index (κ3) is 5.32. The zero-order valence-corrected chi connectivity index (χ0v) is 20.5. The molecule has 8 nitrogen and oxygen atoms in total. The Kier molecular flexibility index (Phi) is 6.99. The number of nitrogens with zero attached hydrogens (tertiary/aromatic N) is 5. The van der Waals surface area contributed by atoms with Crippen LogP contribution >= 0.6 is 0 Å². The van der Waals surface area contributed by atoms with Gasteiger partial charge in [-0.05, 0) is 56.1 Å². The number of carbonyl (C=O) groups is 1. The zero-order chi connectivity index (χ0) is 24.2. The molecule has 1 unspecified atom stereocenters. The first-order chi connectivity index (χ1) is 17.1. The molecule has 1 aromatic heterocycles. The summed E-state index contributed by atoms with van der Waals surface area (Å²) in [6, 6.07) is 16.2. The van der Waals surface area contributed by atoms with E-state index in [0.29, 0.717) is 18.3 Å². The molecule has 5 rings (SSSR count). The maximum Gasteiger partial charge on any atom is 0.241 e. The highest BCUT2D eigenvalue weighted by atomic mass is 16.5. The summed E-state index contributed by atoms with van der Waals surface area (Å²) in [5.74, 6) is 2.38. The Balaban J connectivity index is 1.14. The number of hydrogen-bond donors (Lipinski definition) is 0. The van der Waals surface area contributed by atoms with Crippen molar-refractivity contribution in [2.24, 2.45) is 5.92 Å². The summed E-state index contributed by atoms with van der Waals surface area (Å²) in [6.07, 6.45) is 1.94. The largest absolute Gasteiger partial charge is 0.497 e.